The third kappa shape index (κ3) is 2.51. The molecule has 0 unspecified atom stereocenters. The van der Waals surface area contributed by atoms with Gasteiger partial charge in [-0.1, -0.05) is 0 Å². The van der Waals surface area contributed by atoms with Crippen molar-refractivity contribution in [2.24, 2.45) is 13.8 Å². The Hall–Kier alpha value is -0.901. The fourth-order valence-corrected chi connectivity index (χ4v) is 3.44. The first-order chi connectivity index (χ1) is 8.43. The van der Waals surface area contributed by atoms with Crippen LogP contribution in [0.25, 0.3) is 0 Å². The van der Waals surface area contributed by atoms with E-state index in [4.69, 9.17) is 0 Å². The maximum atomic E-state index is 4.48. The van der Waals surface area contributed by atoms with Crippen molar-refractivity contribution < 1.29 is 0 Å². The molecular weight excluding hydrogens is 279 g/mol. The minimum absolute atomic E-state index is 0.0644. The summed E-state index contributed by atoms with van der Waals surface area (Å²) in [4.78, 5) is 0. The van der Waals surface area contributed by atoms with E-state index in [1.807, 2.05) is 6.07 Å². The van der Waals surface area contributed by atoms with Crippen LogP contribution in [0.2, 0.25) is 0 Å². The molecule has 90 valence electrons. The van der Waals surface area contributed by atoms with E-state index in [1.165, 1.54) is 12.8 Å². The Labute approximate surface area is 107 Å². The standard InChI is InChI=1S/C12H16N4Se/c1-2-10(12-11(3-1)15-17-16-12)14-8-9-4-6-13-7-5-9/h1-3,9,13-14H,4-8H2. The van der Waals surface area contributed by atoms with Crippen molar-refractivity contribution >= 4 is 31.6 Å². The number of anilines is 1. The summed E-state index contributed by atoms with van der Waals surface area (Å²) >= 11 is 0.0644. The van der Waals surface area contributed by atoms with E-state index in [1.54, 1.807) is 0 Å². The van der Waals surface area contributed by atoms with Gasteiger partial charge in [0.15, 0.2) is 0 Å². The Morgan fingerprint density at radius 3 is 3.06 bits per heavy atom. The van der Waals surface area contributed by atoms with Gasteiger partial charge in [0.05, 0.1) is 0 Å². The fourth-order valence-electron chi connectivity index (χ4n) is 2.29. The van der Waals surface area contributed by atoms with Crippen LogP contribution in [-0.4, -0.2) is 34.2 Å². The van der Waals surface area contributed by atoms with Gasteiger partial charge in [-0.15, -0.1) is 0 Å². The summed E-state index contributed by atoms with van der Waals surface area (Å²) < 4.78 is 8.88. The van der Waals surface area contributed by atoms with Crippen molar-refractivity contribution in [1.29, 1.82) is 0 Å². The van der Waals surface area contributed by atoms with E-state index in [9.17, 15) is 0 Å². The molecule has 2 N–H and O–H groups in total. The normalized spacial score (nSPS) is 18.8. The molecular formula is C12H16N4Se. The topological polar surface area (TPSA) is 48.8 Å². The van der Waals surface area contributed by atoms with Crippen LogP contribution < -0.4 is 10.6 Å². The molecule has 0 saturated carbocycles. The minimum atomic E-state index is 0.0644. The molecule has 4 nitrogen and oxygen atoms in total. The molecule has 1 fully saturated rings. The van der Waals surface area contributed by atoms with Gasteiger partial charge in [0, 0.05) is 0 Å². The quantitative estimate of drug-likeness (QED) is 0.855. The van der Waals surface area contributed by atoms with E-state index in [0.29, 0.717) is 0 Å². The van der Waals surface area contributed by atoms with Gasteiger partial charge in [0.25, 0.3) is 0 Å². The zero-order chi connectivity index (χ0) is 11.5. The molecule has 2 aliphatic heterocycles. The second-order valence-corrected chi connectivity index (χ2v) is 5.62. The van der Waals surface area contributed by atoms with E-state index in [2.05, 4.69) is 30.7 Å². The second kappa shape index (κ2) is 5.17. The molecule has 17 heavy (non-hydrogen) atoms. The number of nitrogens with one attached hydrogen (secondary N) is 2. The average Bonchev–Trinajstić information content (AvgIpc) is 2.86. The van der Waals surface area contributed by atoms with Crippen molar-refractivity contribution in [1.82, 2.24) is 5.32 Å². The number of rotatable bonds is 3. The zero-order valence-corrected chi connectivity index (χ0v) is 11.4. The third-order valence-electron chi connectivity index (χ3n) is 3.33. The summed E-state index contributed by atoms with van der Waals surface area (Å²) in [5.41, 5.74) is 3.28. The Bertz CT molecular complexity index is 473. The molecule has 1 aromatic carbocycles. The fraction of sp³-hybridized carbons (Fsp3) is 0.500. The maximum absolute atomic E-state index is 4.48. The Balaban J connectivity index is 1.65. The summed E-state index contributed by atoms with van der Waals surface area (Å²) in [5.74, 6) is 0.788. The van der Waals surface area contributed by atoms with Gasteiger partial charge < -0.3 is 0 Å². The predicted molar refractivity (Wildman–Crippen MR) is 70.5 cm³/mol. The molecule has 1 saturated heterocycles. The van der Waals surface area contributed by atoms with Crippen LogP contribution in [0.5, 0.6) is 0 Å². The van der Waals surface area contributed by atoms with Crippen molar-refractivity contribution in [2.45, 2.75) is 12.8 Å². The molecule has 0 radical (unpaired) electrons. The predicted octanol–water partition coefficient (Wildman–Crippen LogP) is 2.45. The summed E-state index contributed by atoms with van der Waals surface area (Å²) in [6.07, 6.45) is 2.54. The Morgan fingerprint density at radius 2 is 2.18 bits per heavy atom. The molecule has 0 aromatic heterocycles. The molecule has 0 spiro atoms. The van der Waals surface area contributed by atoms with Gasteiger partial charge in [0.2, 0.25) is 0 Å². The zero-order valence-electron chi connectivity index (χ0n) is 9.65. The Morgan fingerprint density at radius 1 is 1.29 bits per heavy atom. The van der Waals surface area contributed by atoms with Gasteiger partial charge in [-0.3, -0.25) is 0 Å². The van der Waals surface area contributed by atoms with Gasteiger partial charge in [-0.2, -0.15) is 0 Å². The van der Waals surface area contributed by atoms with Gasteiger partial charge in [-0.25, -0.2) is 0 Å². The molecule has 0 atom stereocenters. The van der Waals surface area contributed by atoms with E-state index >= 15 is 0 Å². The molecule has 1 aromatic rings. The van der Waals surface area contributed by atoms with Crippen LogP contribution in [0.4, 0.5) is 17.1 Å². The van der Waals surface area contributed by atoms with Crippen molar-refractivity contribution in [2.75, 3.05) is 25.0 Å². The van der Waals surface area contributed by atoms with Crippen LogP contribution in [-0.2, 0) is 0 Å². The van der Waals surface area contributed by atoms with Gasteiger partial charge in [0.1, 0.15) is 0 Å². The number of nitrogens with zero attached hydrogens (tertiary/aromatic N) is 2. The first kappa shape index (κ1) is 11.2. The SMILES string of the molecule is c1cc2c(c(NCC3CCNCC3)c1)N=[Se]=N2. The number of fused-ring (bicyclic) bond motifs is 1. The monoisotopic (exact) mass is 296 g/mol. The van der Waals surface area contributed by atoms with Gasteiger partial charge >= 0.3 is 107 Å². The van der Waals surface area contributed by atoms with Crippen molar-refractivity contribution in [3.63, 3.8) is 0 Å². The van der Waals surface area contributed by atoms with Crippen molar-refractivity contribution in [3.05, 3.63) is 18.2 Å². The number of piperidine rings is 1. The molecule has 2 heterocycles. The molecule has 0 amide bonds. The van der Waals surface area contributed by atoms with Crippen LogP contribution >= 0.6 is 0 Å². The average molecular weight is 295 g/mol. The first-order valence-corrected chi connectivity index (χ1v) is 7.62. The van der Waals surface area contributed by atoms with E-state index < -0.39 is 0 Å². The number of hydrogen-bond acceptors (Lipinski definition) is 4. The second-order valence-electron chi connectivity index (χ2n) is 4.51. The van der Waals surface area contributed by atoms with Crippen LogP contribution in [0.1, 0.15) is 12.8 Å². The van der Waals surface area contributed by atoms with Crippen LogP contribution in [0.15, 0.2) is 26.1 Å². The van der Waals surface area contributed by atoms with Crippen LogP contribution in [0.3, 0.4) is 0 Å². The molecule has 2 aliphatic rings. The Kier molecular flexibility index (Phi) is 3.41. The summed E-state index contributed by atoms with van der Waals surface area (Å²) in [7, 11) is 0. The van der Waals surface area contributed by atoms with Gasteiger partial charge in [-0.05, 0) is 0 Å². The summed E-state index contributed by atoms with van der Waals surface area (Å²) in [5, 5.41) is 6.94. The van der Waals surface area contributed by atoms with Crippen molar-refractivity contribution in [3.8, 4) is 0 Å². The van der Waals surface area contributed by atoms with E-state index in [0.717, 1.165) is 42.6 Å². The first-order valence-electron chi connectivity index (χ1n) is 6.09. The molecule has 3 rings (SSSR count). The third-order valence-corrected chi connectivity index (χ3v) is 4.46. The van der Waals surface area contributed by atoms with E-state index in [-0.39, 0.29) is 14.6 Å². The molecule has 0 aliphatic carbocycles. The summed E-state index contributed by atoms with van der Waals surface area (Å²) in [6, 6.07) is 6.22. The summed E-state index contributed by atoms with van der Waals surface area (Å²) in [6.45, 7) is 3.37. The molecule has 5 heteroatoms. The molecule has 0 bridgehead atoms. The number of benzene rings is 1. The van der Waals surface area contributed by atoms with Crippen LogP contribution in [0, 0.1) is 5.92 Å². The number of hydrogen-bond donors (Lipinski definition) is 2.